The number of fused-ring (bicyclic) bond motifs is 1. The van der Waals surface area contributed by atoms with Gasteiger partial charge >= 0.3 is 0 Å². The highest BCUT2D eigenvalue weighted by atomic mass is 15.1. The van der Waals surface area contributed by atoms with Crippen LogP contribution in [0.4, 0.5) is 0 Å². The van der Waals surface area contributed by atoms with Gasteiger partial charge in [-0.3, -0.25) is 0 Å². The molecule has 21 heavy (non-hydrogen) atoms. The van der Waals surface area contributed by atoms with Crippen molar-refractivity contribution in [1.29, 1.82) is 0 Å². The highest BCUT2D eigenvalue weighted by Crippen LogP contribution is 2.27. The molecule has 0 saturated carbocycles. The maximum Gasteiger partial charge on any atom is 0.141 e. The average molecular weight is 279 g/mol. The van der Waals surface area contributed by atoms with Crippen molar-refractivity contribution in [2.45, 2.75) is 13.3 Å². The van der Waals surface area contributed by atoms with Gasteiger partial charge in [0.2, 0.25) is 0 Å². The van der Waals surface area contributed by atoms with Crippen LogP contribution >= 0.6 is 0 Å². The molecule has 0 amide bonds. The Morgan fingerprint density at radius 1 is 1.14 bits per heavy atom. The Kier molecular flexibility index (Phi) is 3.76. The lowest BCUT2D eigenvalue weighted by Gasteiger charge is -2.09. The molecular weight excluding hydrogens is 258 g/mol. The molecule has 3 rings (SSSR count). The Bertz CT molecular complexity index is 771. The van der Waals surface area contributed by atoms with Gasteiger partial charge in [0.1, 0.15) is 5.82 Å². The van der Waals surface area contributed by atoms with Crippen molar-refractivity contribution in [1.82, 2.24) is 14.9 Å². The van der Waals surface area contributed by atoms with Crippen molar-refractivity contribution >= 4 is 11.0 Å². The molecule has 108 valence electrons. The van der Waals surface area contributed by atoms with Gasteiger partial charge in [-0.15, -0.1) is 0 Å². The van der Waals surface area contributed by atoms with Gasteiger partial charge in [0.05, 0.1) is 11.0 Å². The number of benzene rings is 2. The summed E-state index contributed by atoms with van der Waals surface area (Å²) in [4.78, 5) is 4.85. The first-order valence-electron chi connectivity index (χ1n) is 7.36. The Morgan fingerprint density at radius 3 is 2.76 bits per heavy atom. The third-order valence-corrected chi connectivity index (χ3v) is 3.94. The molecule has 3 aromatic rings. The molecular formula is C18H21N3. The van der Waals surface area contributed by atoms with Crippen molar-refractivity contribution in [3.63, 3.8) is 0 Å². The minimum atomic E-state index is 0.972. The number of imidazole rings is 1. The predicted molar refractivity (Wildman–Crippen MR) is 88.5 cm³/mol. The minimum absolute atomic E-state index is 0.972. The second kappa shape index (κ2) is 5.70. The summed E-state index contributed by atoms with van der Waals surface area (Å²) in [5, 5.41) is 3.22. The molecule has 0 saturated heterocycles. The molecule has 1 heterocycles. The van der Waals surface area contributed by atoms with Crippen LogP contribution in [0, 0.1) is 6.92 Å². The molecule has 1 aromatic heterocycles. The quantitative estimate of drug-likeness (QED) is 0.794. The zero-order valence-corrected chi connectivity index (χ0v) is 12.9. The van der Waals surface area contributed by atoms with Gasteiger partial charge in [0.15, 0.2) is 0 Å². The van der Waals surface area contributed by atoms with Crippen LogP contribution in [-0.4, -0.2) is 23.1 Å². The third kappa shape index (κ3) is 2.57. The number of likely N-dealkylation sites (N-methyl/N-ethyl adjacent to an activating group) is 1. The lowest BCUT2D eigenvalue weighted by atomic mass is 10.0. The highest BCUT2D eigenvalue weighted by molar-refractivity contribution is 5.81. The predicted octanol–water partition coefficient (Wildman–Crippen LogP) is 3.31. The van der Waals surface area contributed by atoms with Crippen molar-refractivity contribution < 1.29 is 0 Å². The maximum absolute atomic E-state index is 4.85. The first kappa shape index (κ1) is 13.8. The van der Waals surface area contributed by atoms with E-state index >= 15 is 0 Å². The second-order valence-corrected chi connectivity index (χ2v) is 5.50. The molecule has 0 aliphatic rings. The zero-order chi connectivity index (χ0) is 14.8. The SMILES string of the molecule is CNCCc1ccccc1-c1nc2cc(C)ccc2n1C. The molecule has 0 unspecified atom stereocenters. The normalized spacial score (nSPS) is 11.2. The van der Waals surface area contributed by atoms with Gasteiger partial charge < -0.3 is 9.88 Å². The summed E-state index contributed by atoms with van der Waals surface area (Å²) in [5.41, 5.74) is 6.05. The Morgan fingerprint density at radius 2 is 1.95 bits per heavy atom. The fourth-order valence-corrected chi connectivity index (χ4v) is 2.77. The summed E-state index contributed by atoms with van der Waals surface area (Å²) in [6, 6.07) is 15.0. The van der Waals surface area contributed by atoms with Crippen LogP contribution in [0.5, 0.6) is 0 Å². The van der Waals surface area contributed by atoms with E-state index in [2.05, 4.69) is 66.3 Å². The van der Waals surface area contributed by atoms with E-state index in [-0.39, 0.29) is 0 Å². The van der Waals surface area contributed by atoms with E-state index in [0.717, 1.165) is 24.3 Å². The lowest BCUT2D eigenvalue weighted by molar-refractivity contribution is 0.791. The molecule has 0 atom stereocenters. The standard InChI is InChI=1S/C18H21N3/c1-13-8-9-17-16(12-13)20-18(21(17)3)15-7-5-4-6-14(15)10-11-19-2/h4-9,12,19H,10-11H2,1-3H3. The van der Waals surface area contributed by atoms with Crippen molar-refractivity contribution in [3.8, 4) is 11.4 Å². The van der Waals surface area contributed by atoms with Gasteiger partial charge in [0, 0.05) is 12.6 Å². The topological polar surface area (TPSA) is 29.9 Å². The van der Waals surface area contributed by atoms with Gasteiger partial charge in [-0.2, -0.15) is 0 Å². The molecule has 0 aliphatic heterocycles. The lowest BCUT2D eigenvalue weighted by Crippen LogP contribution is -2.11. The van der Waals surface area contributed by atoms with Crippen LogP contribution in [0.3, 0.4) is 0 Å². The molecule has 3 heteroatoms. The van der Waals surface area contributed by atoms with Crippen LogP contribution in [0.15, 0.2) is 42.5 Å². The van der Waals surface area contributed by atoms with Crippen molar-refractivity contribution in [3.05, 3.63) is 53.6 Å². The zero-order valence-electron chi connectivity index (χ0n) is 12.9. The van der Waals surface area contributed by atoms with E-state index in [0.29, 0.717) is 0 Å². The third-order valence-electron chi connectivity index (χ3n) is 3.94. The first-order chi connectivity index (χ1) is 10.2. The number of nitrogens with one attached hydrogen (secondary N) is 1. The summed E-state index contributed by atoms with van der Waals surface area (Å²) in [6.07, 6.45) is 1.01. The number of aryl methyl sites for hydroxylation is 2. The van der Waals surface area contributed by atoms with Gasteiger partial charge in [-0.1, -0.05) is 30.3 Å². The molecule has 0 spiro atoms. The summed E-state index contributed by atoms with van der Waals surface area (Å²) in [7, 11) is 4.08. The highest BCUT2D eigenvalue weighted by Gasteiger charge is 2.12. The molecule has 0 bridgehead atoms. The molecule has 1 N–H and O–H groups in total. The molecule has 0 fully saturated rings. The summed E-state index contributed by atoms with van der Waals surface area (Å²) in [6.45, 7) is 3.08. The average Bonchev–Trinajstić information content (AvgIpc) is 2.81. The number of hydrogen-bond acceptors (Lipinski definition) is 2. The molecule has 2 aromatic carbocycles. The van der Waals surface area contributed by atoms with Crippen molar-refractivity contribution in [2.24, 2.45) is 7.05 Å². The number of aromatic nitrogens is 2. The maximum atomic E-state index is 4.85. The van der Waals surface area contributed by atoms with Crippen LogP contribution < -0.4 is 5.32 Å². The van der Waals surface area contributed by atoms with E-state index in [1.54, 1.807) is 0 Å². The Balaban J connectivity index is 2.14. The molecule has 3 nitrogen and oxygen atoms in total. The van der Waals surface area contributed by atoms with Crippen LogP contribution in [0.2, 0.25) is 0 Å². The number of rotatable bonds is 4. The van der Waals surface area contributed by atoms with Gasteiger partial charge in [0.25, 0.3) is 0 Å². The Labute approximate surface area is 125 Å². The second-order valence-electron chi connectivity index (χ2n) is 5.50. The van der Waals surface area contributed by atoms with Crippen LogP contribution in [0.25, 0.3) is 22.4 Å². The van der Waals surface area contributed by atoms with Crippen molar-refractivity contribution in [2.75, 3.05) is 13.6 Å². The van der Waals surface area contributed by atoms with Crippen LogP contribution in [0.1, 0.15) is 11.1 Å². The fraction of sp³-hybridized carbons (Fsp3) is 0.278. The monoisotopic (exact) mass is 279 g/mol. The number of hydrogen-bond donors (Lipinski definition) is 1. The van der Waals surface area contributed by atoms with E-state index in [1.807, 2.05) is 7.05 Å². The number of nitrogens with zero attached hydrogens (tertiary/aromatic N) is 2. The molecule has 0 radical (unpaired) electrons. The summed E-state index contributed by atoms with van der Waals surface area (Å²) in [5.74, 6) is 1.04. The van der Waals surface area contributed by atoms with E-state index in [4.69, 9.17) is 4.98 Å². The van der Waals surface area contributed by atoms with Crippen LogP contribution in [-0.2, 0) is 13.5 Å². The van der Waals surface area contributed by atoms with Gasteiger partial charge in [-0.25, -0.2) is 4.98 Å². The summed E-state index contributed by atoms with van der Waals surface area (Å²) >= 11 is 0. The minimum Gasteiger partial charge on any atom is -0.327 e. The smallest absolute Gasteiger partial charge is 0.141 e. The van der Waals surface area contributed by atoms with E-state index in [1.165, 1.54) is 22.2 Å². The first-order valence-corrected chi connectivity index (χ1v) is 7.36. The summed E-state index contributed by atoms with van der Waals surface area (Å²) < 4.78 is 2.19. The fourth-order valence-electron chi connectivity index (χ4n) is 2.77. The van der Waals surface area contributed by atoms with E-state index in [9.17, 15) is 0 Å². The van der Waals surface area contributed by atoms with E-state index < -0.39 is 0 Å². The molecule has 0 aliphatic carbocycles. The van der Waals surface area contributed by atoms with Gasteiger partial charge in [-0.05, 0) is 50.2 Å². The largest absolute Gasteiger partial charge is 0.327 e. The Hall–Kier alpha value is -2.13.